The van der Waals surface area contributed by atoms with Crippen LogP contribution in [0.25, 0.3) is 11.5 Å². The van der Waals surface area contributed by atoms with Gasteiger partial charge in [0.2, 0.25) is 5.89 Å². The van der Waals surface area contributed by atoms with Gasteiger partial charge in [-0.05, 0) is 51.4 Å². The summed E-state index contributed by atoms with van der Waals surface area (Å²) in [6.07, 6.45) is 0. The average molecular weight is 395 g/mol. The molecule has 1 aliphatic heterocycles. The molecule has 0 atom stereocenters. The summed E-state index contributed by atoms with van der Waals surface area (Å²) in [5.74, 6) is 0.0530. The predicted octanol–water partition coefficient (Wildman–Crippen LogP) is 3.79. The van der Waals surface area contributed by atoms with Crippen molar-refractivity contribution >= 4 is 18.6 Å². The molecule has 0 unspecified atom stereocenters. The Balaban J connectivity index is 1.43. The van der Waals surface area contributed by atoms with Gasteiger partial charge in [-0.2, -0.15) is 0 Å². The molecule has 150 valence electrons. The number of aromatic nitrogens is 2. The zero-order valence-electron chi connectivity index (χ0n) is 16.9. The molecule has 0 aliphatic carbocycles. The smallest absolute Gasteiger partial charge is 0.403 e. The van der Waals surface area contributed by atoms with E-state index >= 15 is 0 Å². The first kappa shape index (κ1) is 19.6. The van der Waals surface area contributed by atoms with Crippen LogP contribution in [0.3, 0.4) is 0 Å². The molecule has 0 spiro atoms. The topological polar surface area (TPSA) is 69.4 Å². The molecule has 8 heteroatoms. The normalized spacial score (nSPS) is 17.5. The summed E-state index contributed by atoms with van der Waals surface area (Å²) in [6, 6.07) is 14.7. The average Bonchev–Trinajstić information content (AvgIpc) is 3.23. The van der Waals surface area contributed by atoms with Gasteiger partial charge >= 0.3 is 13.1 Å². The zero-order valence-corrected chi connectivity index (χ0v) is 16.9. The van der Waals surface area contributed by atoms with Crippen molar-refractivity contribution in [1.29, 1.82) is 0 Å². The van der Waals surface area contributed by atoms with Crippen molar-refractivity contribution in [2.75, 3.05) is 5.32 Å². The summed E-state index contributed by atoms with van der Waals surface area (Å²) >= 11 is 0. The standard InChI is InChI=1S/C21H23BFN3O3/c1-20(2)21(3,4)29-22(28-20)16-11-10-15(17(23)12-16)13-24-19-26-25-18(27-19)14-8-6-5-7-9-14/h5-12H,13H2,1-4H3,(H,24,26). The molecule has 1 aromatic heterocycles. The highest BCUT2D eigenvalue weighted by Gasteiger charge is 2.51. The van der Waals surface area contributed by atoms with E-state index in [0.717, 1.165) is 5.56 Å². The number of rotatable bonds is 5. The molecule has 2 heterocycles. The summed E-state index contributed by atoms with van der Waals surface area (Å²) in [5, 5.41) is 10.9. The largest absolute Gasteiger partial charge is 0.494 e. The summed E-state index contributed by atoms with van der Waals surface area (Å²) in [6.45, 7) is 8.09. The monoisotopic (exact) mass is 395 g/mol. The molecular weight excluding hydrogens is 372 g/mol. The van der Waals surface area contributed by atoms with E-state index < -0.39 is 18.3 Å². The Bertz CT molecular complexity index is 991. The second-order valence-electron chi connectivity index (χ2n) is 8.07. The Morgan fingerprint density at radius 1 is 0.966 bits per heavy atom. The lowest BCUT2D eigenvalue weighted by molar-refractivity contribution is 0.00578. The first-order valence-corrected chi connectivity index (χ1v) is 9.52. The van der Waals surface area contributed by atoms with Gasteiger partial charge in [-0.1, -0.05) is 35.4 Å². The Hall–Kier alpha value is -2.71. The maximum atomic E-state index is 14.6. The van der Waals surface area contributed by atoms with Crippen molar-refractivity contribution in [3.05, 3.63) is 59.9 Å². The molecule has 1 N–H and O–H groups in total. The number of anilines is 1. The molecule has 0 bridgehead atoms. The SMILES string of the molecule is CC1(C)OB(c2ccc(CNc3nnc(-c4ccccc4)o3)c(F)c2)OC1(C)C. The highest BCUT2D eigenvalue weighted by Crippen LogP contribution is 2.36. The molecule has 6 nitrogen and oxygen atoms in total. The van der Waals surface area contributed by atoms with E-state index in [2.05, 4.69) is 15.5 Å². The number of hydrogen-bond donors (Lipinski definition) is 1. The fourth-order valence-electron chi connectivity index (χ4n) is 3.00. The highest BCUT2D eigenvalue weighted by atomic mass is 19.1. The maximum absolute atomic E-state index is 14.6. The fourth-order valence-corrected chi connectivity index (χ4v) is 3.00. The number of hydrogen-bond acceptors (Lipinski definition) is 6. The summed E-state index contributed by atoms with van der Waals surface area (Å²) in [5.41, 5.74) is 1.01. The minimum atomic E-state index is -0.596. The summed E-state index contributed by atoms with van der Waals surface area (Å²) in [4.78, 5) is 0. The molecule has 2 aromatic carbocycles. The second-order valence-corrected chi connectivity index (χ2v) is 8.07. The van der Waals surface area contributed by atoms with Crippen molar-refractivity contribution in [2.45, 2.75) is 45.4 Å². The van der Waals surface area contributed by atoms with Crippen LogP contribution in [0, 0.1) is 5.82 Å². The van der Waals surface area contributed by atoms with Gasteiger partial charge in [0.1, 0.15) is 5.82 Å². The first-order valence-electron chi connectivity index (χ1n) is 9.52. The molecule has 1 fully saturated rings. The van der Waals surface area contributed by atoms with Crippen LogP contribution in [-0.2, 0) is 15.9 Å². The van der Waals surface area contributed by atoms with E-state index in [1.54, 1.807) is 6.07 Å². The summed E-state index contributed by atoms with van der Waals surface area (Å²) < 4.78 is 32.2. The van der Waals surface area contributed by atoms with Gasteiger partial charge in [0.05, 0.1) is 11.2 Å². The Morgan fingerprint density at radius 2 is 1.66 bits per heavy atom. The number of halogens is 1. The molecular formula is C21H23BFN3O3. The van der Waals surface area contributed by atoms with Crippen LogP contribution in [0.4, 0.5) is 10.4 Å². The Kier molecular flexibility index (Phi) is 4.92. The van der Waals surface area contributed by atoms with Crippen LogP contribution in [0.2, 0.25) is 0 Å². The van der Waals surface area contributed by atoms with Gasteiger partial charge in [-0.25, -0.2) is 4.39 Å². The van der Waals surface area contributed by atoms with Gasteiger partial charge in [-0.15, -0.1) is 5.10 Å². The third-order valence-corrected chi connectivity index (χ3v) is 5.48. The van der Waals surface area contributed by atoms with Gasteiger partial charge in [0.15, 0.2) is 0 Å². The molecule has 29 heavy (non-hydrogen) atoms. The Morgan fingerprint density at radius 3 is 2.31 bits per heavy atom. The second kappa shape index (κ2) is 7.28. The lowest BCUT2D eigenvalue weighted by Crippen LogP contribution is -2.41. The van der Waals surface area contributed by atoms with E-state index in [-0.39, 0.29) is 18.4 Å². The third kappa shape index (κ3) is 3.90. The van der Waals surface area contributed by atoms with Crippen LogP contribution in [-0.4, -0.2) is 28.5 Å². The highest BCUT2D eigenvalue weighted by molar-refractivity contribution is 6.62. The minimum absolute atomic E-state index is 0.214. The van der Waals surface area contributed by atoms with Gasteiger partial charge < -0.3 is 19.0 Å². The van der Waals surface area contributed by atoms with E-state index in [9.17, 15) is 4.39 Å². The molecule has 0 saturated carbocycles. The quantitative estimate of drug-likeness (QED) is 0.663. The summed E-state index contributed by atoms with van der Waals surface area (Å²) in [7, 11) is -0.596. The maximum Gasteiger partial charge on any atom is 0.494 e. The van der Waals surface area contributed by atoms with Gasteiger partial charge in [-0.3, -0.25) is 0 Å². The third-order valence-electron chi connectivity index (χ3n) is 5.48. The van der Waals surface area contributed by atoms with Crippen molar-refractivity contribution in [2.24, 2.45) is 0 Å². The molecule has 1 saturated heterocycles. The van der Waals surface area contributed by atoms with Crippen LogP contribution < -0.4 is 10.8 Å². The van der Waals surface area contributed by atoms with E-state index in [4.69, 9.17) is 13.7 Å². The number of nitrogens with one attached hydrogen (secondary N) is 1. The van der Waals surface area contributed by atoms with Crippen molar-refractivity contribution in [3.63, 3.8) is 0 Å². The van der Waals surface area contributed by atoms with E-state index in [1.807, 2.05) is 64.1 Å². The van der Waals surface area contributed by atoms with Crippen molar-refractivity contribution in [3.8, 4) is 11.5 Å². The van der Waals surface area contributed by atoms with Crippen LogP contribution in [0.5, 0.6) is 0 Å². The number of nitrogens with zero attached hydrogens (tertiary/aromatic N) is 2. The lowest BCUT2D eigenvalue weighted by Gasteiger charge is -2.32. The van der Waals surface area contributed by atoms with E-state index in [0.29, 0.717) is 16.9 Å². The zero-order chi connectivity index (χ0) is 20.6. The van der Waals surface area contributed by atoms with Crippen LogP contribution >= 0.6 is 0 Å². The van der Waals surface area contributed by atoms with Crippen molar-refractivity contribution in [1.82, 2.24) is 10.2 Å². The van der Waals surface area contributed by atoms with E-state index in [1.165, 1.54) is 6.07 Å². The van der Waals surface area contributed by atoms with Crippen LogP contribution in [0.1, 0.15) is 33.3 Å². The molecule has 1 aliphatic rings. The Labute approximate surface area is 169 Å². The minimum Gasteiger partial charge on any atom is -0.403 e. The number of benzene rings is 2. The van der Waals surface area contributed by atoms with Gasteiger partial charge in [0, 0.05) is 17.7 Å². The molecule has 0 radical (unpaired) electrons. The lowest BCUT2D eigenvalue weighted by atomic mass is 9.78. The molecule has 4 rings (SSSR count). The first-order chi connectivity index (χ1) is 13.7. The molecule has 0 amide bonds. The van der Waals surface area contributed by atoms with Gasteiger partial charge in [0.25, 0.3) is 0 Å². The fraction of sp³-hybridized carbons (Fsp3) is 0.333. The van der Waals surface area contributed by atoms with Crippen molar-refractivity contribution < 1.29 is 18.1 Å². The molecule has 3 aromatic rings. The predicted molar refractivity (Wildman–Crippen MR) is 109 cm³/mol. The van der Waals surface area contributed by atoms with Crippen LogP contribution in [0.15, 0.2) is 52.9 Å².